The number of hydrogen-bond donors (Lipinski definition) is 2. The van der Waals surface area contributed by atoms with Crippen LogP contribution < -0.4 is 5.32 Å². The number of carbonyl (C=O) groups excluding carboxylic acids is 2. The van der Waals surface area contributed by atoms with Crippen molar-refractivity contribution in [2.24, 2.45) is 11.8 Å². The number of rotatable bonds is 8. The van der Waals surface area contributed by atoms with E-state index in [-0.39, 0.29) is 24.3 Å². The van der Waals surface area contributed by atoms with Crippen LogP contribution in [0.2, 0.25) is 0 Å². The van der Waals surface area contributed by atoms with E-state index < -0.39 is 11.9 Å². The number of amides is 2. The summed E-state index contributed by atoms with van der Waals surface area (Å²) in [6, 6.07) is 0. The van der Waals surface area contributed by atoms with Crippen molar-refractivity contribution >= 4 is 17.8 Å². The van der Waals surface area contributed by atoms with Gasteiger partial charge in [-0.2, -0.15) is 0 Å². The zero-order valence-corrected chi connectivity index (χ0v) is 12.9. The maximum atomic E-state index is 12.5. The minimum Gasteiger partial charge on any atom is -0.481 e. The fourth-order valence-electron chi connectivity index (χ4n) is 2.72. The highest BCUT2D eigenvalue weighted by molar-refractivity contribution is 5.86. The summed E-state index contributed by atoms with van der Waals surface area (Å²) in [4.78, 5) is 36.8. The molecule has 1 aliphatic rings. The predicted octanol–water partition coefficient (Wildman–Crippen LogP) is 1.25. The summed E-state index contributed by atoms with van der Waals surface area (Å²) >= 11 is 0. The largest absolute Gasteiger partial charge is 0.481 e. The van der Waals surface area contributed by atoms with Gasteiger partial charge in [0.2, 0.25) is 11.8 Å². The molecule has 0 aromatic rings. The quantitative estimate of drug-likeness (QED) is 0.706. The standard InChI is InChI=1S/C15H26N2O4/c1-3-7-16-13(18)10-17(8-4-2)14(19)11-5-6-12(9-11)15(20)21/h11-12H,3-10H2,1-2H3,(H,16,18)(H,20,21)/t11-,12+/m1/s1. The van der Waals surface area contributed by atoms with Gasteiger partial charge < -0.3 is 15.3 Å². The number of hydrogen-bond acceptors (Lipinski definition) is 3. The molecule has 0 aliphatic heterocycles. The van der Waals surface area contributed by atoms with Crippen molar-refractivity contribution in [3.63, 3.8) is 0 Å². The van der Waals surface area contributed by atoms with E-state index in [1.54, 1.807) is 4.90 Å². The van der Waals surface area contributed by atoms with E-state index in [0.717, 1.165) is 12.8 Å². The van der Waals surface area contributed by atoms with Crippen molar-refractivity contribution in [3.05, 3.63) is 0 Å². The Morgan fingerprint density at radius 2 is 1.81 bits per heavy atom. The third kappa shape index (κ3) is 5.36. The highest BCUT2D eigenvalue weighted by atomic mass is 16.4. The zero-order chi connectivity index (χ0) is 15.8. The van der Waals surface area contributed by atoms with Gasteiger partial charge in [-0.15, -0.1) is 0 Å². The lowest BCUT2D eigenvalue weighted by Crippen LogP contribution is -2.43. The number of carboxylic acids is 1. The number of nitrogens with one attached hydrogen (secondary N) is 1. The maximum Gasteiger partial charge on any atom is 0.306 e. The van der Waals surface area contributed by atoms with Gasteiger partial charge in [0, 0.05) is 19.0 Å². The van der Waals surface area contributed by atoms with Crippen LogP contribution in [-0.4, -0.2) is 47.4 Å². The van der Waals surface area contributed by atoms with E-state index in [2.05, 4.69) is 5.32 Å². The molecule has 0 radical (unpaired) electrons. The molecule has 6 heteroatoms. The average Bonchev–Trinajstić information content (AvgIpc) is 2.93. The Bertz CT molecular complexity index is 384. The second-order valence-electron chi connectivity index (χ2n) is 5.65. The molecule has 120 valence electrons. The third-order valence-electron chi connectivity index (χ3n) is 3.84. The van der Waals surface area contributed by atoms with Crippen molar-refractivity contribution in [1.29, 1.82) is 0 Å². The van der Waals surface area contributed by atoms with E-state index in [0.29, 0.717) is 32.4 Å². The van der Waals surface area contributed by atoms with E-state index in [1.807, 2.05) is 13.8 Å². The Morgan fingerprint density at radius 3 is 2.33 bits per heavy atom. The van der Waals surface area contributed by atoms with Gasteiger partial charge in [-0.1, -0.05) is 13.8 Å². The molecule has 21 heavy (non-hydrogen) atoms. The first-order chi connectivity index (χ1) is 9.99. The third-order valence-corrected chi connectivity index (χ3v) is 3.84. The molecule has 0 heterocycles. The summed E-state index contributed by atoms with van der Waals surface area (Å²) in [5, 5.41) is 11.8. The van der Waals surface area contributed by atoms with Crippen molar-refractivity contribution in [2.45, 2.75) is 46.0 Å². The molecule has 1 rings (SSSR count). The van der Waals surface area contributed by atoms with Gasteiger partial charge in [0.15, 0.2) is 0 Å². The highest BCUT2D eigenvalue weighted by Gasteiger charge is 2.36. The van der Waals surface area contributed by atoms with Gasteiger partial charge >= 0.3 is 5.97 Å². The van der Waals surface area contributed by atoms with E-state index >= 15 is 0 Å². The fraction of sp³-hybridized carbons (Fsp3) is 0.800. The van der Waals surface area contributed by atoms with Crippen molar-refractivity contribution in [3.8, 4) is 0 Å². The first-order valence-electron chi connectivity index (χ1n) is 7.77. The number of nitrogens with zero attached hydrogens (tertiary/aromatic N) is 1. The van der Waals surface area contributed by atoms with Gasteiger partial charge in [0.05, 0.1) is 12.5 Å². The van der Waals surface area contributed by atoms with E-state index in [4.69, 9.17) is 5.11 Å². The highest BCUT2D eigenvalue weighted by Crippen LogP contribution is 2.32. The van der Waals surface area contributed by atoms with Gasteiger partial charge in [-0.3, -0.25) is 14.4 Å². The zero-order valence-electron chi connectivity index (χ0n) is 12.9. The summed E-state index contributed by atoms with van der Waals surface area (Å²) in [6.45, 7) is 5.14. The molecule has 0 aromatic carbocycles. The number of carboxylic acid groups (broad SMARTS) is 1. The van der Waals surface area contributed by atoms with Crippen LogP contribution in [0.4, 0.5) is 0 Å². The Labute approximate surface area is 125 Å². The Kier molecular flexibility index (Phi) is 7.19. The van der Waals surface area contributed by atoms with Gasteiger partial charge in [-0.25, -0.2) is 0 Å². The lowest BCUT2D eigenvalue weighted by atomic mass is 10.0. The van der Waals surface area contributed by atoms with Crippen molar-refractivity contribution < 1.29 is 19.5 Å². The molecular weight excluding hydrogens is 272 g/mol. The van der Waals surface area contributed by atoms with Crippen LogP contribution in [0.15, 0.2) is 0 Å². The van der Waals surface area contributed by atoms with Crippen molar-refractivity contribution in [2.75, 3.05) is 19.6 Å². The molecular formula is C15H26N2O4. The first kappa shape index (κ1) is 17.5. The lowest BCUT2D eigenvalue weighted by Gasteiger charge is -2.24. The molecule has 2 atom stereocenters. The summed E-state index contributed by atoms with van der Waals surface area (Å²) in [6.07, 6.45) is 3.18. The fourth-order valence-corrected chi connectivity index (χ4v) is 2.72. The van der Waals surface area contributed by atoms with Crippen molar-refractivity contribution in [1.82, 2.24) is 10.2 Å². The smallest absolute Gasteiger partial charge is 0.306 e. The van der Waals surface area contributed by atoms with Crippen LogP contribution >= 0.6 is 0 Å². The molecule has 2 N–H and O–H groups in total. The minimum absolute atomic E-state index is 0.0703. The molecule has 0 saturated heterocycles. The molecule has 1 saturated carbocycles. The predicted molar refractivity (Wildman–Crippen MR) is 78.6 cm³/mol. The molecule has 0 spiro atoms. The average molecular weight is 298 g/mol. The Morgan fingerprint density at radius 1 is 1.14 bits per heavy atom. The monoisotopic (exact) mass is 298 g/mol. The van der Waals surface area contributed by atoms with Crippen LogP contribution in [-0.2, 0) is 14.4 Å². The maximum absolute atomic E-state index is 12.5. The Hall–Kier alpha value is -1.59. The van der Waals surface area contributed by atoms with E-state index in [1.165, 1.54) is 0 Å². The molecule has 2 amide bonds. The molecule has 0 unspecified atom stereocenters. The Balaban J connectivity index is 2.57. The van der Waals surface area contributed by atoms with Crippen LogP contribution in [0, 0.1) is 11.8 Å². The summed E-state index contributed by atoms with van der Waals surface area (Å²) in [5.74, 6) is -1.72. The summed E-state index contributed by atoms with van der Waals surface area (Å²) in [7, 11) is 0. The van der Waals surface area contributed by atoms with Crippen LogP contribution in [0.25, 0.3) is 0 Å². The topological polar surface area (TPSA) is 86.7 Å². The van der Waals surface area contributed by atoms with Crippen LogP contribution in [0.5, 0.6) is 0 Å². The molecule has 1 fully saturated rings. The molecule has 0 aromatic heterocycles. The SMILES string of the molecule is CCCNC(=O)CN(CCC)C(=O)[C@@H]1CC[C@H](C(=O)O)C1. The second kappa shape index (κ2) is 8.64. The van der Waals surface area contributed by atoms with Gasteiger partial charge in [-0.05, 0) is 32.1 Å². The van der Waals surface area contributed by atoms with Gasteiger partial charge in [0.25, 0.3) is 0 Å². The molecule has 0 bridgehead atoms. The molecule has 6 nitrogen and oxygen atoms in total. The van der Waals surface area contributed by atoms with Gasteiger partial charge in [0.1, 0.15) is 0 Å². The second-order valence-corrected chi connectivity index (χ2v) is 5.65. The molecule has 1 aliphatic carbocycles. The summed E-state index contributed by atoms with van der Waals surface area (Å²) in [5.41, 5.74) is 0. The lowest BCUT2D eigenvalue weighted by molar-refractivity contribution is -0.142. The normalized spacial score (nSPS) is 21.0. The minimum atomic E-state index is -0.826. The number of aliphatic carboxylic acids is 1. The van der Waals surface area contributed by atoms with E-state index in [9.17, 15) is 14.4 Å². The van der Waals surface area contributed by atoms with Crippen LogP contribution in [0.3, 0.4) is 0 Å². The summed E-state index contributed by atoms with van der Waals surface area (Å²) < 4.78 is 0. The number of carbonyl (C=O) groups is 3. The van der Waals surface area contributed by atoms with Crippen LogP contribution in [0.1, 0.15) is 46.0 Å². The first-order valence-corrected chi connectivity index (χ1v) is 7.77.